The number of amides is 2. The summed E-state index contributed by atoms with van der Waals surface area (Å²) in [6, 6.07) is 11.4. The number of nitrogens with zero attached hydrogens (tertiary/aromatic N) is 2. The molecule has 0 saturated heterocycles. The zero-order valence-corrected chi connectivity index (χ0v) is 14.6. The Bertz CT molecular complexity index is 673. The maximum Gasteiger partial charge on any atom is 0.245 e. The van der Waals surface area contributed by atoms with Crippen LogP contribution in [-0.4, -0.2) is 40.7 Å². The first-order valence-electron chi connectivity index (χ1n) is 7.77. The maximum atomic E-state index is 12.4. The lowest BCUT2D eigenvalue weighted by Gasteiger charge is -2.21. The Balaban J connectivity index is 1.87. The summed E-state index contributed by atoms with van der Waals surface area (Å²) in [6.45, 7) is 4.27. The molecule has 7 heteroatoms. The summed E-state index contributed by atoms with van der Waals surface area (Å²) in [7, 11) is 0. The fraction of sp³-hybridized carbons (Fsp3) is 0.353. The molecule has 2 aromatic rings. The standard InChI is InChI=1S/C17H21N3O3S/c1-3-9-20(11-16(21)18-15-10-13(2)23-19-15)17(22)12-24-14-7-5-4-6-8-14/h4-8,10H,3,9,11-12H2,1-2H3,(H,18,19,21). The molecule has 0 unspecified atom stereocenters. The van der Waals surface area contributed by atoms with Crippen LogP contribution in [0.15, 0.2) is 45.8 Å². The zero-order chi connectivity index (χ0) is 17.4. The Hall–Kier alpha value is -2.28. The van der Waals surface area contributed by atoms with Crippen LogP contribution in [0.3, 0.4) is 0 Å². The highest BCUT2D eigenvalue weighted by Crippen LogP contribution is 2.17. The van der Waals surface area contributed by atoms with E-state index in [-0.39, 0.29) is 18.4 Å². The van der Waals surface area contributed by atoms with Gasteiger partial charge in [-0.3, -0.25) is 9.59 Å². The molecule has 0 aliphatic carbocycles. The normalized spacial score (nSPS) is 10.4. The molecule has 0 spiro atoms. The van der Waals surface area contributed by atoms with Gasteiger partial charge in [0.25, 0.3) is 0 Å². The first-order valence-corrected chi connectivity index (χ1v) is 8.76. The van der Waals surface area contributed by atoms with Gasteiger partial charge in [0.2, 0.25) is 11.8 Å². The lowest BCUT2D eigenvalue weighted by molar-refractivity contribution is -0.132. The van der Waals surface area contributed by atoms with Crippen LogP contribution in [0.1, 0.15) is 19.1 Å². The Morgan fingerprint density at radius 3 is 2.67 bits per heavy atom. The van der Waals surface area contributed by atoms with E-state index >= 15 is 0 Å². The predicted molar refractivity (Wildman–Crippen MR) is 93.9 cm³/mol. The van der Waals surface area contributed by atoms with Crippen molar-refractivity contribution in [2.75, 3.05) is 24.2 Å². The van der Waals surface area contributed by atoms with Crippen LogP contribution in [0.4, 0.5) is 5.82 Å². The molecule has 0 fully saturated rings. The summed E-state index contributed by atoms with van der Waals surface area (Å²) < 4.78 is 4.90. The van der Waals surface area contributed by atoms with Crippen molar-refractivity contribution in [3.63, 3.8) is 0 Å². The fourth-order valence-corrected chi connectivity index (χ4v) is 2.92. The molecular formula is C17H21N3O3S. The molecule has 0 aliphatic rings. The van der Waals surface area contributed by atoms with Gasteiger partial charge < -0.3 is 14.7 Å². The second-order valence-corrected chi connectivity index (χ2v) is 6.34. The summed E-state index contributed by atoms with van der Waals surface area (Å²) >= 11 is 1.47. The minimum Gasteiger partial charge on any atom is -0.360 e. The third-order valence-electron chi connectivity index (χ3n) is 3.18. The van der Waals surface area contributed by atoms with Crippen molar-refractivity contribution >= 4 is 29.4 Å². The molecule has 0 bridgehead atoms. The molecular weight excluding hydrogens is 326 g/mol. The van der Waals surface area contributed by atoms with Gasteiger partial charge in [0.15, 0.2) is 5.82 Å². The molecule has 0 radical (unpaired) electrons. The topological polar surface area (TPSA) is 75.4 Å². The van der Waals surface area contributed by atoms with Crippen molar-refractivity contribution in [3.05, 3.63) is 42.2 Å². The molecule has 1 aromatic carbocycles. The van der Waals surface area contributed by atoms with Gasteiger partial charge in [-0.15, -0.1) is 11.8 Å². The molecule has 0 aliphatic heterocycles. The molecule has 1 heterocycles. The Kier molecular flexibility index (Phi) is 6.87. The number of benzene rings is 1. The van der Waals surface area contributed by atoms with Crippen molar-refractivity contribution in [1.29, 1.82) is 0 Å². The average Bonchev–Trinajstić information content (AvgIpc) is 2.98. The Labute approximate surface area is 145 Å². The number of anilines is 1. The molecule has 1 aromatic heterocycles. The Morgan fingerprint density at radius 2 is 2.04 bits per heavy atom. The lowest BCUT2D eigenvalue weighted by Crippen LogP contribution is -2.39. The van der Waals surface area contributed by atoms with E-state index < -0.39 is 0 Å². The van der Waals surface area contributed by atoms with Gasteiger partial charge in [-0.2, -0.15) is 0 Å². The molecule has 1 N–H and O–H groups in total. The number of hydrogen-bond acceptors (Lipinski definition) is 5. The summed E-state index contributed by atoms with van der Waals surface area (Å²) in [4.78, 5) is 27.1. The molecule has 2 amide bonds. The number of nitrogens with one attached hydrogen (secondary N) is 1. The second kappa shape index (κ2) is 9.12. The van der Waals surface area contributed by atoms with Crippen LogP contribution in [-0.2, 0) is 9.59 Å². The van der Waals surface area contributed by atoms with E-state index in [1.54, 1.807) is 17.9 Å². The van der Waals surface area contributed by atoms with Crippen molar-refractivity contribution in [2.24, 2.45) is 0 Å². The lowest BCUT2D eigenvalue weighted by atomic mass is 10.3. The number of hydrogen-bond donors (Lipinski definition) is 1. The highest BCUT2D eigenvalue weighted by atomic mass is 32.2. The van der Waals surface area contributed by atoms with Gasteiger partial charge in [0.05, 0.1) is 12.3 Å². The number of aromatic nitrogens is 1. The summed E-state index contributed by atoms with van der Waals surface area (Å²) in [5.41, 5.74) is 0. The van der Waals surface area contributed by atoms with E-state index in [0.717, 1.165) is 11.3 Å². The summed E-state index contributed by atoms with van der Waals surface area (Å²) in [6.07, 6.45) is 0.790. The van der Waals surface area contributed by atoms with Crippen molar-refractivity contribution in [1.82, 2.24) is 10.1 Å². The minimum atomic E-state index is -0.283. The van der Waals surface area contributed by atoms with Crippen LogP contribution in [0.5, 0.6) is 0 Å². The van der Waals surface area contributed by atoms with E-state index in [4.69, 9.17) is 4.52 Å². The van der Waals surface area contributed by atoms with Crippen LogP contribution < -0.4 is 5.32 Å². The SMILES string of the molecule is CCCN(CC(=O)Nc1cc(C)on1)C(=O)CSc1ccccc1. The molecule has 0 saturated carbocycles. The van der Waals surface area contributed by atoms with E-state index in [2.05, 4.69) is 10.5 Å². The highest BCUT2D eigenvalue weighted by Gasteiger charge is 2.17. The summed E-state index contributed by atoms with van der Waals surface area (Å²) in [5.74, 6) is 0.943. The van der Waals surface area contributed by atoms with E-state index in [1.807, 2.05) is 37.3 Å². The predicted octanol–water partition coefficient (Wildman–Crippen LogP) is 2.95. The molecule has 6 nitrogen and oxygen atoms in total. The number of carbonyl (C=O) groups is 2. The third-order valence-corrected chi connectivity index (χ3v) is 4.18. The number of thioether (sulfide) groups is 1. The van der Waals surface area contributed by atoms with Gasteiger partial charge in [0.1, 0.15) is 5.76 Å². The molecule has 0 atom stereocenters. The smallest absolute Gasteiger partial charge is 0.245 e. The van der Waals surface area contributed by atoms with Crippen molar-refractivity contribution < 1.29 is 14.1 Å². The minimum absolute atomic E-state index is 0.00787. The van der Waals surface area contributed by atoms with Crippen molar-refractivity contribution in [2.45, 2.75) is 25.2 Å². The molecule has 2 rings (SSSR count). The van der Waals surface area contributed by atoms with Crippen LogP contribution in [0, 0.1) is 6.92 Å². The maximum absolute atomic E-state index is 12.4. The van der Waals surface area contributed by atoms with Crippen molar-refractivity contribution in [3.8, 4) is 0 Å². The average molecular weight is 347 g/mol. The number of aryl methyl sites for hydroxylation is 1. The fourth-order valence-electron chi connectivity index (χ4n) is 2.10. The van der Waals surface area contributed by atoms with Crippen LogP contribution >= 0.6 is 11.8 Å². The van der Waals surface area contributed by atoms with E-state index in [9.17, 15) is 9.59 Å². The second-order valence-electron chi connectivity index (χ2n) is 5.29. The number of carbonyl (C=O) groups excluding carboxylic acids is 2. The van der Waals surface area contributed by atoms with Crippen LogP contribution in [0.25, 0.3) is 0 Å². The van der Waals surface area contributed by atoms with Gasteiger partial charge in [0, 0.05) is 17.5 Å². The monoisotopic (exact) mass is 347 g/mol. The van der Waals surface area contributed by atoms with Gasteiger partial charge in [-0.1, -0.05) is 30.3 Å². The first kappa shape index (κ1) is 18.1. The van der Waals surface area contributed by atoms with Crippen LogP contribution in [0.2, 0.25) is 0 Å². The number of rotatable bonds is 8. The molecule has 128 valence electrons. The van der Waals surface area contributed by atoms with E-state index in [1.165, 1.54) is 11.8 Å². The van der Waals surface area contributed by atoms with Gasteiger partial charge in [-0.05, 0) is 25.5 Å². The zero-order valence-electron chi connectivity index (χ0n) is 13.8. The van der Waals surface area contributed by atoms with Gasteiger partial charge >= 0.3 is 0 Å². The third kappa shape index (κ3) is 5.73. The largest absolute Gasteiger partial charge is 0.360 e. The summed E-state index contributed by atoms with van der Waals surface area (Å²) in [5, 5.41) is 6.35. The molecule has 24 heavy (non-hydrogen) atoms. The highest BCUT2D eigenvalue weighted by molar-refractivity contribution is 8.00. The van der Waals surface area contributed by atoms with E-state index in [0.29, 0.717) is 23.9 Å². The Morgan fingerprint density at radius 1 is 1.29 bits per heavy atom. The quantitative estimate of drug-likeness (QED) is 0.743. The first-order chi connectivity index (χ1) is 11.6. The van der Waals surface area contributed by atoms with Gasteiger partial charge in [-0.25, -0.2) is 0 Å².